The summed E-state index contributed by atoms with van der Waals surface area (Å²) >= 11 is 0. The van der Waals surface area contributed by atoms with E-state index in [1.807, 2.05) is 6.92 Å². The zero-order valence-electron chi connectivity index (χ0n) is 7.69. The molecule has 0 aliphatic heterocycles. The Labute approximate surface area is 77.8 Å². The average Bonchev–Trinajstić information content (AvgIpc) is 2.52. The molecule has 0 fully saturated rings. The van der Waals surface area contributed by atoms with Crippen molar-refractivity contribution in [1.29, 1.82) is 0 Å². The molecule has 0 unspecified atom stereocenters. The van der Waals surface area contributed by atoms with Crippen LogP contribution in [0.5, 0.6) is 0 Å². The minimum atomic E-state index is -3.33. The van der Waals surface area contributed by atoms with Crippen molar-refractivity contribution in [3.8, 4) is 0 Å². The Kier molecular flexibility index (Phi) is 3.05. The second-order valence-corrected chi connectivity index (χ2v) is 4.30. The van der Waals surface area contributed by atoms with Gasteiger partial charge in [-0.3, -0.25) is 4.68 Å². The number of aryl methyl sites for hydroxylation is 1. The van der Waals surface area contributed by atoms with Gasteiger partial charge in [0.05, 0.1) is 6.20 Å². The second kappa shape index (κ2) is 3.89. The number of aromatic nitrogens is 2. The van der Waals surface area contributed by atoms with Gasteiger partial charge in [0, 0.05) is 19.3 Å². The van der Waals surface area contributed by atoms with Crippen LogP contribution in [0.25, 0.3) is 0 Å². The fraction of sp³-hybridized carbons (Fsp3) is 0.571. The van der Waals surface area contributed by atoms with Crippen LogP contribution in [0.1, 0.15) is 13.8 Å². The van der Waals surface area contributed by atoms with Gasteiger partial charge in [-0.2, -0.15) is 5.10 Å². The van der Waals surface area contributed by atoms with Crippen LogP contribution in [-0.2, 0) is 16.6 Å². The van der Waals surface area contributed by atoms with Gasteiger partial charge in [0.15, 0.2) is 0 Å². The first kappa shape index (κ1) is 10.2. The highest BCUT2D eigenvalue weighted by Gasteiger charge is 2.14. The number of hydrogen-bond donors (Lipinski definition) is 1. The van der Waals surface area contributed by atoms with Crippen LogP contribution in [0.4, 0.5) is 0 Å². The van der Waals surface area contributed by atoms with E-state index in [2.05, 4.69) is 9.82 Å². The van der Waals surface area contributed by atoms with Crippen molar-refractivity contribution >= 4 is 10.0 Å². The van der Waals surface area contributed by atoms with E-state index in [4.69, 9.17) is 0 Å². The monoisotopic (exact) mass is 203 g/mol. The maximum atomic E-state index is 11.4. The largest absolute Gasteiger partial charge is 0.272 e. The van der Waals surface area contributed by atoms with E-state index in [1.54, 1.807) is 11.6 Å². The van der Waals surface area contributed by atoms with Gasteiger partial charge >= 0.3 is 0 Å². The minimum Gasteiger partial charge on any atom is -0.272 e. The number of nitrogens with zero attached hydrogens (tertiary/aromatic N) is 2. The predicted molar refractivity (Wildman–Crippen MR) is 48.8 cm³/mol. The Hall–Kier alpha value is -0.880. The first-order valence-corrected chi connectivity index (χ1v) is 5.60. The molecule has 0 radical (unpaired) electrons. The van der Waals surface area contributed by atoms with Crippen LogP contribution in [0.3, 0.4) is 0 Å². The van der Waals surface area contributed by atoms with Crippen LogP contribution < -0.4 is 4.72 Å². The van der Waals surface area contributed by atoms with E-state index in [1.165, 1.54) is 12.4 Å². The van der Waals surface area contributed by atoms with Gasteiger partial charge < -0.3 is 0 Å². The van der Waals surface area contributed by atoms with E-state index in [9.17, 15) is 8.42 Å². The smallest absolute Gasteiger partial charge is 0.243 e. The number of hydrogen-bond acceptors (Lipinski definition) is 3. The third-order valence-corrected chi connectivity index (χ3v) is 3.08. The molecule has 0 bridgehead atoms. The summed E-state index contributed by atoms with van der Waals surface area (Å²) < 4.78 is 26.8. The molecule has 13 heavy (non-hydrogen) atoms. The lowest BCUT2D eigenvalue weighted by molar-refractivity contribution is 0.583. The van der Waals surface area contributed by atoms with Crippen LogP contribution >= 0.6 is 0 Å². The van der Waals surface area contributed by atoms with Crippen molar-refractivity contribution in [2.45, 2.75) is 25.3 Å². The Bertz CT molecular complexity index is 369. The second-order valence-electron chi connectivity index (χ2n) is 2.53. The molecular weight excluding hydrogens is 190 g/mol. The Morgan fingerprint density at radius 1 is 1.54 bits per heavy atom. The molecule has 0 aliphatic carbocycles. The molecule has 6 heteroatoms. The molecule has 0 spiro atoms. The lowest BCUT2D eigenvalue weighted by Crippen LogP contribution is -2.22. The Balaban J connectivity index is 2.94. The summed E-state index contributed by atoms with van der Waals surface area (Å²) in [4.78, 5) is 0.219. The summed E-state index contributed by atoms with van der Waals surface area (Å²) in [6.07, 6.45) is 2.86. The fourth-order valence-corrected chi connectivity index (χ4v) is 1.92. The summed E-state index contributed by atoms with van der Waals surface area (Å²) in [5.41, 5.74) is 0. The van der Waals surface area contributed by atoms with Gasteiger partial charge in [0.1, 0.15) is 4.90 Å². The van der Waals surface area contributed by atoms with Crippen molar-refractivity contribution in [3.05, 3.63) is 12.4 Å². The van der Waals surface area contributed by atoms with E-state index in [-0.39, 0.29) is 4.90 Å². The molecule has 1 aromatic heterocycles. The standard InChI is InChI=1S/C7H13N3O2S/c1-3-9-13(11,12)7-5-8-10(4-2)6-7/h5-6,9H,3-4H2,1-2H3. The lowest BCUT2D eigenvalue weighted by Gasteiger charge is -1.99. The first-order chi connectivity index (χ1) is 6.10. The van der Waals surface area contributed by atoms with Crippen LogP contribution in [0.15, 0.2) is 17.3 Å². The molecule has 1 rings (SSSR count). The molecule has 0 atom stereocenters. The third kappa shape index (κ3) is 2.28. The van der Waals surface area contributed by atoms with E-state index >= 15 is 0 Å². The highest BCUT2D eigenvalue weighted by Crippen LogP contribution is 2.05. The minimum absolute atomic E-state index is 0.219. The lowest BCUT2D eigenvalue weighted by atomic mass is 10.7. The van der Waals surface area contributed by atoms with E-state index in [0.717, 1.165) is 0 Å². The van der Waals surface area contributed by atoms with Gasteiger partial charge in [-0.05, 0) is 6.92 Å². The molecule has 1 heterocycles. The van der Waals surface area contributed by atoms with Crippen molar-refractivity contribution in [3.63, 3.8) is 0 Å². The van der Waals surface area contributed by atoms with Crippen molar-refractivity contribution in [2.75, 3.05) is 6.54 Å². The highest BCUT2D eigenvalue weighted by molar-refractivity contribution is 7.89. The molecule has 0 aromatic carbocycles. The quantitative estimate of drug-likeness (QED) is 0.760. The fourth-order valence-electron chi connectivity index (χ4n) is 0.930. The zero-order chi connectivity index (χ0) is 9.90. The van der Waals surface area contributed by atoms with Gasteiger partial charge in [-0.15, -0.1) is 0 Å². The summed E-state index contributed by atoms with van der Waals surface area (Å²) in [7, 11) is -3.33. The molecule has 1 aromatic rings. The summed E-state index contributed by atoms with van der Waals surface area (Å²) in [6, 6.07) is 0. The van der Waals surface area contributed by atoms with E-state index in [0.29, 0.717) is 13.1 Å². The third-order valence-electron chi connectivity index (χ3n) is 1.58. The van der Waals surface area contributed by atoms with E-state index < -0.39 is 10.0 Å². The highest BCUT2D eigenvalue weighted by atomic mass is 32.2. The predicted octanol–water partition coefficient (Wildman–Crippen LogP) is 0.201. The number of rotatable bonds is 4. The van der Waals surface area contributed by atoms with Crippen LogP contribution in [0, 0.1) is 0 Å². The molecule has 5 nitrogen and oxygen atoms in total. The molecule has 0 saturated heterocycles. The Morgan fingerprint density at radius 3 is 2.69 bits per heavy atom. The number of sulfonamides is 1. The van der Waals surface area contributed by atoms with Gasteiger partial charge in [-0.1, -0.05) is 6.92 Å². The molecule has 74 valence electrons. The van der Waals surface area contributed by atoms with Crippen LogP contribution in [-0.4, -0.2) is 24.7 Å². The van der Waals surface area contributed by atoms with Crippen LogP contribution in [0.2, 0.25) is 0 Å². The van der Waals surface area contributed by atoms with Crippen molar-refractivity contribution < 1.29 is 8.42 Å². The average molecular weight is 203 g/mol. The molecule has 0 saturated carbocycles. The zero-order valence-corrected chi connectivity index (χ0v) is 8.50. The maximum Gasteiger partial charge on any atom is 0.243 e. The summed E-state index contributed by atoms with van der Waals surface area (Å²) in [5, 5.41) is 3.88. The normalized spacial score (nSPS) is 11.8. The molecule has 0 aliphatic rings. The van der Waals surface area contributed by atoms with Gasteiger partial charge in [0.25, 0.3) is 0 Å². The molecule has 1 N–H and O–H groups in total. The summed E-state index contributed by atoms with van der Waals surface area (Å²) in [5.74, 6) is 0. The van der Waals surface area contributed by atoms with Gasteiger partial charge in [-0.25, -0.2) is 13.1 Å². The molecular formula is C7H13N3O2S. The van der Waals surface area contributed by atoms with Crippen molar-refractivity contribution in [1.82, 2.24) is 14.5 Å². The first-order valence-electron chi connectivity index (χ1n) is 4.12. The number of nitrogens with one attached hydrogen (secondary N) is 1. The SMILES string of the molecule is CCNS(=O)(=O)c1cnn(CC)c1. The maximum absolute atomic E-state index is 11.4. The van der Waals surface area contributed by atoms with Crippen molar-refractivity contribution in [2.24, 2.45) is 0 Å². The van der Waals surface area contributed by atoms with Gasteiger partial charge in [0.2, 0.25) is 10.0 Å². The summed E-state index contributed by atoms with van der Waals surface area (Å²) in [6.45, 7) is 4.69. The topological polar surface area (TPSA) is 64.0 Å². The Morgan fingerprint density at radius 2 is 2.23 bits per heavy atom. The molecule has 0 amide bonds.